The van der Waals surface area contributed by atoms with Crippen molar-refractivity contribution < 1.29 is 9.53 Å². The molecular weight excluding hydrogens is 214 g/mol. The third-order valence-corrected chi connectivity index (χ3v) is 2.23. The monoisotopic (exact) mass is 237 g/mol. The maximum Gasteiger partial charge on any atom is 0.305 e. The van der Waals surface area contributed by atoms with Gasteiger partial charge in [-0.15, -0.1) is 0 Å². The van der Waals surface area contributed by atoms with E-state index in [9.17, 15) is 4.79 Å². The molecular formula is C14H23NO2. The topological polar surface area (TPSA) is 52.3 Å². The van der Waals surface area contributed by atoms with Crippen molar-refractivity contribution in [1.29, 1.82) is 0 Å². The van der Waals surface area contributed by atoms with Crippen LogP contribution >= 0.6 is 0 Å². The summed E-state index contributed by atoms with van der Waals surface area (Å²) in [5.41, 5.74) is 5.31. The van der Waals surface area contributed by atoms with Gasteiger partial charge in [0.2, 0.25) is 0 Å². The van der Waals surface area contributed by atoms with Crippen LogP contribution in [0.5, 0.6) is 0 Å². The van der Waals surface area contributed by atoms with Crippen LogP contribution in [-0.4, -0.2) is 19.6 Å². The van der Waals surface area contributed by atoms with E-state index >= 15 is 0 Å². The van der Waals surface area contributed by atoms with Crippen LogP contribution in [0.1, 0.15) is 32.1 Å². The second-order valence-electron chi connectivity index (χ2n) is 3.68. The fourth-order valence-corrected chi connectivity index (χ4v) is 1.25. The van der Waals surface area contributed by atoms with Crippen molar-refractivity contribution in [1.82, 2.24) is 0 Å². The molecule has 0 atom stereocenters. The highest BCUT2D eigenvalue weighted by Crippen LogP contribution is 2.02. The maximum atomic E-state index is 10.6. The molecule has 0 bridgehead atoms. The molecule has 3 heteroatoms. The van der Waals surface area contributed by atoms with Crippen LogP contribution in [0.2, 0.25) is 0 Å². The molecule has 1 aromatic carbocycles. The molecule has 1 rings (SSSR count). The Morgan fingerprint density at radius 3 is 1.82 bits per heavy atom. The average molecular weight is 237 g/mol. The number of ether oxygens (including phenoxy) is 1. The highest BCUT2D eigenvalue weighted by molar-refractivity contribution is 5.68. The van der Waals surface area contributed by atoms with Crippen LogP contribution in [0, 0.1) is 0 Å². The predicted octanol–water partition coefficient (Wildman–Crippen LogP) is 2.76. The highest BCUT2D eigenvalue weighted by Gasteiger charge is 1.97. The van der Waals surface area contributed by atoms with Crippen molar-refractivity contribution in [3.63, 3.8) is 0 Å². The molecule has 0 spiro atoms. The Labute approximate surface area is 104 Å². The standard InChI is InChI=1S/C8H17NO2.C6H6/c1-11-8(10)6-4-2-3-5-7-9;1-2-4-6-5-3-1/h2-7,9H2,1H3;1-6H. The number of unbranched alkanes of at least 4 members (excludes halogenated alkanes) is 3. The number of carbonyl (C=O) groups excluding carboxylic acids is 1. The van der Waals surface area contributed by atoms with Crippen molar-refractivity contribution in [2.45, 2.75) is 32.1 Å². The molecule has 96 valence electrons. The van der Waals surface area contributed by atoms with Gasteiger partial charge in [0.25, 0.3) is 0 Å². The summed E-state index contributed by atoms with van der Waals surface area (Å²) in [4.78, 5) is 10.6. The summed E-state index contributed by atoms with van der Waals surface area (Å²) < 4.78 is 4.49. The average Bonchev–Trinajstić information content (AvgIpc) is 2.41. The van der Waals surface area contributed by atoms with Gasteiger partial charge in [-0.3, -0.25) is 4.79 Å². The molecule has 1 aromatic rings. The van der Waals surface area contributed by atoms with Crippen molar-refractivity contribution in [3.8, 4) is 0 Å². The Morgan fingerprint density at radius 2 is 1.41 bits per heavy atom. The first-order valence-corrected chi connectivity index (χ1v) is 6.08. The SMILES string of the molecule is COC(=O)CCCCCCN.c1ccccc1. The van der Waals surface area contributed by atoms with E-state index in [4.69, 9.17) is 5.73 Å². The van der Waals surface area contributed by atoms with E-state index in [-0.39, 0.29) is 5.97 Å². The largest absolute Gasteiger partial charge is 0.469 e. The lowest BCUT2D eigenvalue weighted by molar-refractivity contribution is -0.140. The molecule has 0 amide bonds. The van der Waals surface area contributed by atoms with E-state index in [1.54, 1.807) is 0 Å². The number of esters is 1. The van der Waals surface area contributed by atoms with Crippen LogP contribution in [-0.2, 0) is 9.53 Å². The number of benzene rings is 1. The summed E-state index contributed by atoms with van der Waals surface area (Å²) in [6.07, 6.45) is 4.72. The molecule has 0 saturated carbocycles. The van der Waals surface area contributed by atoms with Gasteiger partial charge in [0, 0.05) is 6.42 Å². The van der Waals surface area contributed by atoms with E-state index in [2.05, 4.69) is 4.74 Å². The van der Waals surface area contributed by atoms with E-state index in [1.807, 2.05) is 36.4 Å². The fourth-order valence-electron chi connectivity index (χ4n) is 1.25. The predicted molar refractivity (Wildman–Crippen MR) is 70.6 cm³/mol. The first-order valence-electron chi connectivity index (χ1n) is 6.08. The highest BCUT2D eigenvalue weighted by atomic mass is 16.5. The molecule has 0 fully saturated rings. The minimum absolute atomic E-state index is 0.113. The van der Waals surface area contributed by atoms with Crippen LogP contribution in [0.3, 0.4) is 0 Å². The van der Waals surface area contributed by atoms with Gasteiger partial charge >= 0.3 is 5.97 Å². The van der Waals surface area contributed by atoms with Crippen LogP contribution in [0.25, 0.3) is 0 Å². The number of carbonyl (C=O) groups is 1. The minimum Gasteiger partial charge on any atom is -0.469 e. The lowest BCUT2D eigenvalue weighted by atomic mass is 10.1. The third-order valence-electron chi connectivity index (χ3n) is 2.23. The molecule has 0 aliphatic heterocycles. The van der Waals surface area contributed by atoms with Crippen molar-refractivity contribution >= 4 is 5.97 Å². The van der Waals surface area contributed by atoms with Gasteiger partial charge in [0.1, 0.15) is 0 Å². The van der Waals surface area contributed by atoms with Crippen molar-refractivity contribution in [2.24, 2.45) is 5.73 Å². The van der Waals surface area contributed by atoms with E-state index in [0.717, 1.165) is 32.2 Å². The quantitative estimate of drug-likeness (QED) is 0.611. The molecule has 17 heavy (non-hydrogen) atoms. The molecule has 0 aliphatic carbocycles. The number of methoxy groups -OCH3 is 1. The van der Waals surface area contributed by atoms with Gasteiger partial charge in [-0.25, -0.2) is 0 Å². The number of hydrogen-bond donors (Lipinski definition) is 1. The summed E-state index contributed by atoms with van der Waals surface area (Å²) in [5, 5.41) is 0. The molecule has 0 saturated heterocycles. The summed E-state index contributed by atoms with van der Waals surface area (Å²) in [7, 11) is 1.42. The van der Waals surface area contributed by atoms with E-state index in [0.29, 0.717) is 6.42 Å². The van der Waals surface area contributed by atoms with Gasteiger partial charge in [0.15, 0.2) is 0 Å². The molecule has 0 aliphatic rings. The van der Waals surface area contributed by atoms with E-state index in [1.165, 1.54) is 7.11 Å². The van der Waals surface area contributed by atoms with Crippen LogP contribution in [0.15, 0.2) is 36.4 Å². The lowest BCUT2D eigenvalue weighted by Crippen LogP contribution is -2.00. The van der Waals surface area contributed by atoms with Gasteiger partial charge in [0.05, 0.1) is 7.11 Å². The Bertz CT molecular complexity index is 235. The molecule has 3 nitrogen and oxygen atoms in total. The molecule has 0 radical (unpaired) electrons. The summed E-state index contributed by atoms with van der Waals surface area (Å²) in [5.74, 6) is -0.113. The first-order chi connectivity index (χ1) is 8.31. The van der Waals surface area contributed by atoms with Gasteiger partial charge in [-0.05, 0) is 19.4 Å². The zero-order chi connectivity index (χ0) is 12.8. The van der Waals surface area contributed by atoms with Gasteiger partial charge in [-0.2, -0.15) is 0 Å². The molecule has 0 aromatic heterocycles. The number of nitrogens with two attached hydrogens (primary N) is 1. The van der Waals surface area contributed by atoms with Crippen LogP contribution < -0.4 is 5.73 Å². The minimum atomic E-state index is -0.113. The molecule has 0 unspecified atom stereocenters. The number of rotatable bonds is 6. The fraction of sp³-hybridized carbons (Fsp3) is 0.500. The normalized spacial score (nSPS) is 9.06. The summed E-state index contributed by atoms with van der Waals surface area (Å²) >= 11 is 0. The summed E-state index contributed by atoms with van der Waals surface area (Å²) in [6, 6.07) is 12.0. The lowest BCUT2D eigenvalue weighted by Gasteiger charge is -1.98. The zero-order valence-corrected chi connectivity index (χ0v) is 10.6. The number of hydrogen-bond acceptors (Lipinski definition) is 3. The summed E-state index contributed by atoms with van der Waals surface area (Å²) in [6.45, 7) is 0.748. The molecule has 2 N–H and O–H groups in total. The van der Waals surface area contributed by atoms with Crippen molar-refractivity contribution in [2.75, 3.05) is 13.7 Å². The first kappa shape index (κ1) is 15.7. The third kappa shape index (κ3) is 12.6. The second-order valence-corrected chi connectivity index (χ2v) is 3.68. The zero-order valence-electron chi connectivity index (χ0n) is 10.6. The molecule has 0 heterocycles. The smallest absolute Gasteiger partial charge is 0.305 e. The van der Waals surface area contributed by atoms with E-state index < -0.39 is 0 Å². The van der Waals surface area contributed by atoms with Crippen LogP contribution in [0.4, 0.5) is 0 Å². The Balaban J connectivity index is 0.000000354. The van der Waals surface area contributed by atoms with Gasteiger partial charge in [-0.1, -0.05) is 49.2 Å². The Hall–Kier alpha value is -1.35. The Kier molecular flexibility index (Phi) is 11.7. The second kappa shape index (κ2) is 12.7. The van der Waals surface area contributed by atoms with Crippen molar-refractivity contribution in [3.05, 3.63) is 36.4 Å². The maximum absolute atomic E-state index is 10.6. The Morgan fingerprint density at radius 1 is 0.941 bits per heavy atom. The van der Waals surface area contributed by atoms with Gasteiger partial charge < -0.3 is 10.5 Å².